The van der Waals surface area contributed by atoms with E-state index in [2.05, 4.69) is 20.7 Å². The molecule has 1 fully saturated rings. The number of rotatable bonds is 4. The molecular weight excluding hydrogens is 377 g/mol. The standard InChI is InChI=1S/C11H12BrCl2NO3S/c12-7-4-9(13)11(10(14)5-7)19(16,17)15-6-8-2-1-3-18-8/h4-5,8,15H,1-3,6H2. The predicted octanol–water partition coefficient (Wildman–Crippen LogP) is 3.21. The van der Waals surface area contributed by atoms with Gasteiger partial charge in [-0.1, -0.05) is 39.1 Å². The minimum absolute atomic E-state index is 0.0808. The molecule has 1 N–H and O–H groups in total. The van der Waals surface area contributed by atoms with E-state index in [1.165, 1.54) is 12.1 Å². The van der Waals surface area contributed by atoms with Crippen LogP contribution in [0.25, 0.3) is 0 Å². The number of ether oxygens (including phenoxy) is 1. The van der Waals surface area contributed by atoms with Crippen LogP contribution in [0.15, 0.2) is 21.5 Å². The first kappa shape index (κ1) is 15.5. The summed E-state index contributed by atoms with van der Waals surface area (Å²) < 4.78 is 32.9. The topological polar surface area (TPSA) is 55.4 Å². The molecule has 1 aromatic carbocycles. The van der Waals surface area contributed by atoms with Gasteiger partial charge in [0.15, 0.2) is 0 Å². The summed E-state index contributed by atoms with van der Waals surface area (Å²) in [6.07, 6.45) is 1.72. The average molecular weight is 389 g/mol. The summed E-state index contributed by atoms with van der Waals surface area (Å²) >= 11 is 15.1. The van der Waals surface area contributed by atoms with Gasteiger partial charge in [0.2, 0.25) is 10.0 Å². The predicted molar refractivity (Wildman–Crippen MR) is 78.3 cm³/mol. The zero-order valence-electron chi connectivity index (χ0n) is 9.83. The second-order valence-electron chi connectivity index (χ2n) is 4.19. The molecule has 0 aromatic heterocycles. The third kappa shape index (κ3) is 3.83. The Hall–Kier alpha value is 0.150. The zero-order valence-corrected chi connectivity index (χ0v) is 13.7. The highest BCUT2D eigenvalue weighted by atomic mass is 79.9. The molecule has 0 radical (unpaired) electrons. The molecule has 4 nitrogen and oxygen atoms in total. The van der Waals surface area contributed by atoms with Crippen LogP contribution in [0.5, 0.6) is 0 Å². The van der Waals surface area contributed by atoms with Gasteiger partial charge in [0.1, 0.15) is 4.90 Å². The van der Waals surface area contributed by atoms with Gasteiger partial charge in [0, 0.05) is 17.6 Å². The number of hydrogen-bond acceptors (Lipinski definition) is 3. The van der Waals surface area contributed by atoms with Crippen molar-refractivity contribution in [2.75, 3.05) is 13.2 Å². The largest absolute Gasteiger partial charge is 0.377 e. The first-order valence-corrected chi connectivity index (χ1v) is 8.69. The highest BCUT2D eigenvalue weighted by Crippen LogP contribution is 2.32. The van der Waals surface area contributed by atoms with E-state index in [1.807, 2.05) is 0 Å². The molecule has 1 unspecified atom stereocenters. The first-order valence-electron chi connectivity index (χ1n) is 5.66. The van der Waals surface area contributed by atoms with Crippen LogP contribution in [0.4, 0.5) is 0 Å². The Morgan fingerprint density at radius 2 is 2.00 bits per heavy atom. The second-order valence-corrected chi connectivity index (χ2v) is 7.62. The van der Waals surface area contributed by atoms with Crippen molar-refractivity contribution in [2.24, 2.45) is 0 Å². The van der Waals surface area contributed by atoms with Crippen molar-refractivity contribution >= 4 is 49.2 Å². The maximum atomic E-state index is 12.2. The lowest BCUT2D eigenvalue weighted by molar-refractivity contribution is 0.114. The average Bonchev–Trinajstić information content (AvgIpc) is 2.77. The molecule has 19 heavy (non-hydrogen) atoms. The summed E-state index contributed by atoms with van der Waals surface area (Å²) in [5.74, 6) is 0. The van der Waals surface area contributed by atoms with Gasteiger partial charge in [-0.05, 0) is 25.0 Å². The molecule has 0 bridgehead atoms. The van der Waals surface area contributed by atoms with Crippen LogP contribution in [-0.2, 0) is 14.8 Å². The van der Waals surface area contributed by atoms with Gasteiger partial charge in [0.25, 0.3) is 0 Å². The maximum Gasteiger partial charge on any atom is 0.243 e. The summed E-state index contributed by atoms with van der Waals surface area (Å²) in [4.78, 5) is -0.1000. The number of benzene rings is 1. The molecule has 0 spiro atoms. The molecule has 106 valence electrons. The van der Waals surface area contributed by atoms with Crippen molar-refractivity contribution in [1.29, 1.82) is 0 Å². The smallest absolute Gasteiger partial charge is 0.243 e. The fraction of sp³-hybridized carbons (Fsp3) is 0.455. The van der Waals surface area contributed by atoms with Crippen LogP contribution in [0.1, 0.15) is 12.8 Å². The van der Waals surface area contributed by atoms with Crippen molar-refractivity contribution in [3.63, 3.8) is 0 Å². The van der Waals surface area contributed by atoms with Crippen molar-refractivity contribution in [1.82, 2.24) is 4.72 Å². The van der Waals surface area contributed by atoms with Gasteiger partial charge in [-0.15, -0.1) is 0 Å². The van der Waals surface area contributed by atoms with E-state index >= 15 is 0 Å². The van der Waals surface area contributed by atoms with Gasteiger partial charge in [-0.25, -0.2) is 13.1 Å². The number of hydrogen-bond donors (Lipinski definition) is 1. The van der Waals surface area contributed by atoms with Crippen LogP contribution in [0.2, 0.25) is 10.0 Å². The third-order valence-electron chi connectivity index (χ3n) is 2.76. The Labute approximate surface area is 130 Å². The van der Waals surface area contributed by atoms with E-state index in [1.54, 1.807) is 0 Å². The van der Waals surface area contributed by atoms with E-state index in [0.717, 1.165) is 12.8 Å². The van der Waals surface area contributed by atoms with E-state index in [4.69, 9.17) is 27.9 Å². The Balaban J connectivity index is 2.19. The Morgan fingerprint density at radius 1 is 1.37 bits per heavy atom. The number of halogens is 3. The van der Waals surface area contributed by atoms with Crippen LogP contribution in [0, 0.1) is 0 Å². The fourth-order valence-corrected chi connectivity index (χ4v) is 4.86. The minimum Gasteiger partial charge on any atom is -0.377 e. The summed E-state index contributed by atoms with van der Waals surface area (Å²) in [6.45, 7) is 0.900. The highest BCUT2D eigenvalue weighted by Gasteiger charge is 2.24. The zero-order chi connectivity index (χ0) is 14.0. The Bertz CT molecular complexity index is 550. The van der Waals surface area contributed by atoms with Crippen LogP contribution < -0.4 is 4.72 Å². The summed E-state index contributed by atoms with van der Waals surface area (Å²) in [5, 5.41) is 0.165. The molecule has 1 saturated heterocycles. The Kier molecular flexibility index (Phi) is 5.14. The maximum absolute atomic E-state index is 12.2. The van der Waals surface area contributed by atoms with Crippen LogP contribution in [0.3, 0.4) is 0 Å². The van der Waals surface area contributed by atoms with E-state index < -0.39 is 10.0 Å². The van der Waals surface area contributed by atoms with Gasteiger partial charge in [0.05, 0.1) is 16.1 Å². The summed E-state index contributed by atoms with van der Waals surface area (Å²) in [7, 11) is -3.74. The van der Waals surface area contributed by atoms with Crippen molar-refractivity contribution < 1.29 is 13.2 Å². The molecule has 1 aliphatic rings. The molecule has 1 aliphatic heterocycles. The summed E-state index contributed by atoms with van der Waals surface area (Å²) in [5.41, 5.74) is 0. The molecule has 1 atom stereocenters. The second kappa shape index (κ2) is 6.28. The summed E-state index contributed by atoms with van der Waals surface area (Å²) in [6, 6.07) is 2.99. The van der Waals surface area contributed by atoms with Gasteiger partial charge >= 0.3 is 0 Å². The van der Waals surface area contributed by atoms with E-state index in [-0.39, 0.29) is 27.6 Å². The lowest BCUT2D eigenvalue weighted by atomic mass is 10.2. The van der Waals surface area contributed by atoms with Crippen molar-refractivity contribution in [3.05, 3.63) is 26.7 Å². The molecule has 0 saturated carbocycles. The first-order chi connectivity index (χ1) is 8.90. The SMILES string of the molecule is O=S(=O)(NCC1CCCO1)c1c(Cl)cc(Br)cc1Cl. The Morgan fingerprint density at radius 3 is 2.53 bits per heavy atom. The van der Waals surface area contributed by atoms with Crippen LogP contribution in [-0.4, -0.2) is 27.7 Å². The molecule has 0 aliphatic carbocycles. The lowest BCUT2D eigenvalue weighted by Gasteiger charge is -2.13. The molecule has 1 heterocycles. The van der Waals surface area contributed by atoms with Gasteiger partial charge in [-0.2, -0.15) is 0 Å². The molecule has 0 amide bonds. The van der Waals surface area contributed by atoms with Gasteiger partial charge in [-0.3, -0.25) is 0 Å². The monoisotopic (exact) mass is 387 g/mol. The number of nitrogens with one attached hydrogen (secondary N) is 1. The van der Waals surface area contributed by atoms with Crippen molar-refractivity contribution in [2.45, 2.75) is 23.8 Å². The minimum atomic E-state index is -3.74. The van der Waals surface area contributed by atoms with Crippen LogP contribution >= 0.6 is 39.1 Å². The number of sulfonamides is 1. The van der Waals surface area contributed by atoms with E-state index in [0.29, 0.717) is 11.1 Å². The molecule has 1 aromatic rings. The molecule has 8 heteroatoms. The quantitative estimate of drug-likeness (QED) is 0.861. The highest BCUT2D eigenvalue weighted by molar-refractivity contribution is 9.10. The van der Waals surface area contributed by atoms with Crippen molar-refractivity contribution in [3.8, 4) is 0 Å². The normalized spacial score (nSPS) is 19.8. The lowest BCUT2D eigenvalue weighted by Crippen LogP contribution is -2.32. The molecular formula is C11H12BrCl2NO3S. The van der Waals surface area contributed by atoms with Gasteiger partial charge < -0.3 is 4.74 Å². The third-order valence-corrected chi connectivity index (χ3v) is 5.56. The van der Waals surface area contributed by atoms with E-state index in [9.17, 15) is 8.42 Å². The molecule has 2 rings (SSSR count). The fourth-order valence-electron chi connectivity index (χ4n) is 1.87.